The first-order valence-electron chi connectivity index (χ1n) is 6.20. The molecule has 0 saturated carbocycles. The summed E-state index contributed by atoms with van der Waals surface area (Å²) in [6.07, 6.45) is 3.12. The quantitative estimate of drug-likeness (QED) is 0.751. The number of nitrogens with one attached hydrogen (secondary N) is 1. The average molecular weight is 250 g/mol. The van der Waals surface area contributed by atoms with Crippen LogP contribution in [0, 0.1) is 16.7 Å². The van der Waals surface area contributed by atoms with Crippen molar-refractivity contribution < 1.29 is 0 Å². The van der Waals surface area contributed by atoms with Gasteiger partial charge in [-0.05, 0) is 58.0 Å². The molecule has 0 saturated heterocycles. The molecule has 3 heteroatoms. The maximum atomic E-state index is 8.90. The van der Waals surface area contributed by atoms with Crippen LogP contribution in [0.4, 0.5) is 0 Å². The Hall–Kier alpha value is -0.850. The Kier molecular flexibility index (Phi) is 5.67. The molecule has 17 heavy (non-hydrogen) atoms. The predicted octanol–water partition coefficient (Wildman–Crippen LogP) is 3.60. The van der Waals surface area contributed by atoms with E-state index < -0.39 is 0 Å². The molecule has 0 fully saturated rings. The third-order valence-electron chi connectivity index (χ3n) is 2.86. The van der Waals surface area contributed by atoms with E-state index in [9.17, 15) is 0 Å². The van der Waals surface area contributed by atoms with Crippen molar-refractivity contribution in [1.82, 2.24) is 5.32 Å². The third-order valence-corrected chi connectivity index (χ3v) is 3.76. The van der Waals surface area contributed by atoms with Crippen LogP contribution in [-0.2, 0) is 6.42 Å². The molecule has 1 rings (SSSR count). The van der Waals surface area contributed by atoms with E-state index in [4.69, 9.17) is 5.26 Å². The van der Waals surface area contributed by atoms with Crippen molar-refractivity contribution in [3.8, 4) is 6.07 Å². The summed E-state index contributed by atoms with van der Waals surface area (Å²) in [4.78, 5) is 1.43. The average Bonchev–Trinajstić information content (AvgIpc) is 2.77. The molecule has 1 aromatic rings. The van der Waals surface area contributed by atoms with E-state index in [-0.39, 0.29) is 5.41 Å². The number of thiophene rings is 1. The topological polar surface area (TPSA) is 35.8 Å². The summed E-state index contributed by atoms with van der Waals surface area (Å²) in [5, 5.41) is 14.5. The molecule has 0 amide bonds. The number of nitriles is 1. The Labute approximate surface area is 109 Å². The first kappa shape index (κ1) is 14.2. The maximum absolute atomic E-state index is 8.90. The van der Waals surface area contributed by atoms with Crippen molar-refractivity contribution in [3.05, 3.63) is 22.4 Å². The molecule has 0 aromatic carbocycles. The van der Waals surface area contributed by atoms with Gasteiger partial charge >= 0.3 is 0 Å². The molecule has 94 valence electrons. The zero-order valence-electron chi connectivity index (χ0n) is 11.0. The molecule has 1 unspecified atom stereocenters. The summed E-state index contributed by atoms with van der Waals surface area (Å²) in [7, 11) is 0. The van der Waals surface area contributed by atoms with Gasteiger partial charge in [-0.15, -0.1) is 11.3 Å². The van der Waals surface area contributed by atoms with E-state index in [2.05, 4.69) is 35.8 Å². The van der Waals surface area contributed by atoms with Crippen molar-refractivity contribution in [3.63, 3.8) is 0 Å². The van der Waals surface area contributed by atoms with Crippen LogP contribution < -0.4 is 5.32 Å². The molecule has 1 heterocycles. The highest BCUT2D eigenvalue weighted by atomic mass is 32.1. The van der Waals surface area contributed by atoms with Crippen molar-refractivity contribution in [1.29, 1.82) is 5.26 Å². The minimum absolute atomic E-state index is 0.182. The Morgan fingerprint density at radius 3 is 2.88 bits per heavy atom. The monoisotopic (exact) mass is 250 g/mol. The molecule has 0 radical (unpaired) electrons. The second-order valence-corrected chi connectivity index (χ2v) is 6.27. The van der Waals surface area contributed by atoms with Crippen LogP contribution in [0.3, 0.4) is 0 Å². The van der Waals surface area contributed by atoms with Crippen molar-refractivity contribution >= 4 is 11.3 Å². The van der Waals surface area contributed by atoms with E-state index in [1.165, 1.54) is 4.88 Å². The minimum atomic E-state index is -0.182. The largest absolute Gasteiger partial charge is 0.314 e. The summed E-state index contributed by atoms with van der Waals surface area (Å²) in [5.41, 5.74) is -0.182. The van der Waals surface area contributed by atoms with Gasteiger partial charge in [0.25, 0.3) is 0 Å². The van der Waals surface area contributed by atoms with Crippen LogP contribution >= 0.6 is 11.3 Å². The highest BCUT2D eigenvalue weighted by molar-refractivity contribution is 7.09. The predicted molar refractivity (Wildman–Crippen MR) is 74.1 cm³/mol. The van der Waals surface area contributed by atoms with E-state index in [0.29, 0.717) is 6.04 Å². The maximum Gasteiger partial charge on any atom is 0.0683 e. The van der Waals surface area contributed by atoms with E-state index in [1.54, 1.807) is 0 Å². The van der Waals surface area contributed by atoms with Crippen molar-refractivity contribution in [2.75, 3.05) is 6.54 Å². The minimum Gasteiger partial charge on any atom is -0.314 e. The molecule has 0 aliphatic rings. The number of nitrogens with zero attached hydrogens (tertiary/aromatic N) is 1. The zero-order chi connectivity index (χ0) is 12.7. The molecule has 1 aromatic heterocycles. The number of hydrogen-bond acceptors (Lipinski definition) is 3. The summed E-state index contributed by atoms with van der Waals surface area (Å²) in [6.45, 7) is 7.22. The normalized spacial score (nSPS) is 13.3. The van der Waals surface area contributed by atoms with Crippen LogP contribution in [0.5, 0.6) is 0 Å². The fraction of sp³-hybridized carbons (Fsp3) is 0.643. The summed E-state index contributed by atoms with van der Waals surface area (Å²) in [5.74, 6) is 0. The molecule has 2 nitrogen and oxygen atoms in total. The Bertz CT molecular complexity index is 349. The molecular formula is C14H22N2S. The highest BCUT2D eigenvalue weighted by Gasteiger charge is 2.15. The summed E-state index contributed by atoms with van der Waals surface area (Å²) < 4.78 is 0. The van der Waals surface area contributed by atoms with Crippen LogP contribution in [0.1, 0.15) is 38.5 Å². The molecule has 0 aliphatic carbocycles. The molecule has 0 aliphatic heterocycles. The Balaban J connectivity index is 2.13. The molecule has 0 bridgehead atoms. The van der Waals surface area contributed by atoms with Gasteiger partial charge < -0.3 is 5.32 Å². The van der Waals surface area contributed by atoms with Crippen LogP contribution in [0.2, 0.25) is 0 Å². The molecule has 0 spiro atoms. The first-order valence-corrected chi connectivity index (χ1v) is 7.08. The van der Waals surface area contributed by atoms with Gasteiger partial charge in [-0.3, -0.25) is 0 Å². The molecule has 1 atom stereocenters. The number of hydrogen-bond donors (Lipinski definition) is 1. The van der Waals surface area contributed by atoms with E-state index in [1.807, 2.05) is 25.2 Å². The van der Waals surface area contributed by atoms with Gasteiger partial charge in [0.1, 0.15) is 0 Å². The third kappa shape index (κ3) is 5.86. The first-order chi connectivity index (χ1) is 8.03. The van der Waals surface area contributed by atoms with E-state index >= 15 is 0 Å². The second-order valence-electron chi connectivity index (χ2n) is 5.24. The lowest BCUT2D eigenvalue weighted by Gasteiger charge is -2.17. The second kappa shape index (κ2) is 6.78. The van der Waals surface area contributed by atoms with E-state index in [0.717, 1.165) is 25.8 Å². The van der Waals surface area contributed by atoms with Crippen molar-refractivity contribution in [2.45, 2.75) is 46.1 Å². The van der Waals surface area contributed by atoms with Crippen molar-refractivity contribution in [2.24, 2.45) is 5.41 Å². The van der Waals surface area contributed by atoms with Gasteiger partial charge in [0.2, 0.25) is 0 Å². The summed E-state index contributed by atoms with van der Waals surface area (Å²) >= 11 is 1.82. The van der Waals surface area contributed by atoms with Crippen LogP contribution in [0.25, 0.3) is 0 Å². The lowest BCUT2D eigenvalue weighted by Crippen LogP contribution is -2.29. The van der Waals surface area contributed by atoms with Gasteiger partial charge in [0.15, 0.2) is 0 Å². The molecular weight excluding hydrogens is 228 g/mol. The van der Waals surface area contributed by atoms with Gasteiger partial charge in [-0.2, -0.15) is 5.26 Å². The van der Waals surface area contributed by atoms with Crippen LogP contribution in [-0.4, -0.2) is 12.6 Å². The van der Waals surface area contributed by atoms with Gasteiger partial charge in [0.05, 0.1) is 11.5 Å². The fourth-order valence-corrected chi connectivity index (χ4v) is 2.57. The number of rotatable bonds is 7. The van der Waals surface area contributed by atoms with Gasteiger partial charge in [-0.1, -0.05) is 6.07 Å². The highest BCUT2D eigenvalue weighted by Crippen LogP contribution is 2.20. The van der Waals surface area contributed by atoms with Crippen LogP contribution in [0.15, 0.2) is 17.5 Å². The SMILES string of the molecule is CC(Cc1cccs1)NCCCC(C)(C)C#N. The standard InChI is InChI=1S/C14H22N2S/c1-12(10-13-6-4-9-17-13)16-8-5-7-14(2,3)11-15/h4,6,9,12,16H,5,7-8,10H2,1-3H3. The smallest absolute Gasteiger partial charge is 0.0683 e. The zero-order valence-corrected chi connectivity index (χ0v) is 11.8. The lowest BCUT2D eigenvalue weighted by atomic mass is 9.90. The lowest BCUT2D eigenvalue weighted by molar-refractivity contribution is 0.415. The Morgan fingerprint density at radius 2 is 2.29 bits per heavy atom. The Morgan fingerprint density at radius 1 is 1.53 bits per heavy atom. The van der Waals surface area contributed by atoms with Gasteiger partial charge in [0, 0.05) is 10.9 Å². The fourth-order valence-electron chi connectivity index (χ4n) is 1.74. The van der Waals surface area contributed by atoms with Gasteiger partial charge in [-0.25, -0.2) is 0 Å². The molecule has 1 N–H and O–H groups in total. The summed E-state index contributed by atoms with van der Waals surface area (Å²) in [6, 6.07) is 7.13.